The second kappa shape index (κ2) is 15.0. The summed E-state index contributed by atoms with van der Waals surface area (Å²) in [4.78, 5) is 67.8. The van der Waals surface area contributed by atoms with Crippen molar-refractivity contribution in [3.05, 3.63) is 18.2 Å². The van der Waals surface area contributed by atoms with Crippen molar-refractivity contribution < 1.29 is 34.2 Å². The van der Waals surface area contributed by atoms with Gasteiger partial charge in [-0.1, -0.05) is 20.3 Å². The number of nitrogens with one attached hydrogen (secondary N) is 4. The molecule has 1 aromatic heterocycles. The van der Waals surface area contributed by atoms with Gasteiger partial charge in [-0.15, -0.1) is 0 Å². The molecule has 5 unspecified atom stereocenters. The highest BCUT2D eigenvalue weighted by atomic mass is 32.2. The number of carboxylic acids is 2. The zero-order valence-corrected chi connectivity index (χ0v) is 20.8. The van der Waals surface area contributed by atoms with Crippen molar-refractivity contribution in [2.75, 3.05) is 12.0 Å². The summed E-state index contributed by atoms with van der Waals surface area (Å²) in [5.74, 6) is -4.77. The maximum atomic E-state index is 13.0. The molecule has 3 amide bonds. The number of hydrogen-bond acceptors (Lipinski definition) is 8. The van der Waals surface area contributed by atoms with Crippen LogP contribution in [-0.4, -0.2) is 86.0 Å². The summed E-state index contributed by atoms with van der Waals surface area (Å²) in [6, 6.07) is -4.87. The Balaban J connectivity index is 2.98. The van der Waals surface area contributed by atoms with Gasteiger partial charge < -0.3 is 36.9 Å². The Hall–Kier alpha value is -3.13. The topological polar surface area (TPSA) is 217 Å². The Morgan fingerprint density at radius 2 is 1.74 bits per heavy atom. The molecule has 0 saturated heterocycles. The number of nitrogens with zero attached hydrogens (tertiary/aromatic N) is 1. The number of thioether (sulfide) groups is 1. The van der Waals surface area contributed by atoms with E-state index in [4.69, 9.17) is 5.73 Å². The van der Waals surface area contributed by atoms with Gasteiger partial charge in [-0.2, -0.15) is 11.8 Å². The molecule has 1 aromatic rings. The Morgan fingerprint density at radius 3 is 2.26 bits per heavy atom. The number of imidazole rings is 1. The van der Waals surface area contributed by atoms with Crippen LogP contribution >= 0.6 is 11.8 Å². The molecule has 196 valence electrons. The SMILES string of the molecule is CCC(C)C(NC(=O)C(CC(=O)O)NC(=O)C(N)CCSC)C(=O)NC(Cc1cnc[nH]1)C(=O)O. The van der Waals surface area contributed by atoms with E-state index in [0.29, 0.717) is 24.3 Å². The number of carboxylic acid groups (broad SMARTS) is 2. The maximum absolute atomic E-state index is 13.0. The van der Waals surface area contributed by atoms with Crippen molar-refractivity contribution in [3.8, 4) is 0 Å². The van der Waals surface area contributed by atoms with E-state index in [9.17, 15) is 34.2 Å². The van der Waals surface area contributed by atoms with Gasteiger partial charge in [0.05, 0.1) is 18.8 Å². The first-order valence-corrected chi connectivity index (χ1v) is 12.5. The number of H-pyrrole nitrogens is 1. The van der Waals surface area contributed by atoms with Gasteiger partial charge >= 0.3 is 11.9 Å². The Morgan fingerprint density at radius 1 is 1.09 bits per heavy atom. The molecule has 0 aliphatic carbocycles. The molecule has 0 aromatic carbocycles. The molecule has 0 fully saturated rings. The highest BCUT2D eigenvalue weighted by Crippen LogP contribution is 2.11. The fraction of sp³-hybridized carbons (Fsp3) is 0.619. The first-order chi connectivity index (χ1) is 16.5. The number of hydrogen-bond donors (Lipinski definition) is 7. The van der Waals surface area contributed by atoms with Crippen LogP contribution in [0.15, 0.2) is 12.5 Å². The van der Waals surface area contributed by atoms with Crippen molar-refractivity contribution >= 4 is 41.4 Å². The third-order valence-electron chi connectivity index (χ3n) is 5.37. The molecule has 5 atom stereocenters. The molecule has 1 heterocycles. The van der Waals surface area contributed by atoms with Crippen LogP contribution < -0.4 is 21.7 Å². The summed E-state index contributed by atoms with van der Waals surface area (Å²) in [7, 11) is 0. The van der Waals surface area contributed by atoms with Crippen LogP contribution in [0.25, 0.3) is 0 Å². The van der Waals surface area contributed by atoms with Crippen molar-refractivity contribution in [2.45, 2.75) is 63.7 Å². The molecular formula is C21H34N6O7S. The summed E-state index contributed by atoms with van der Waals surface area (Å²) in [5, 5.41) is 26.0. The van der Waals surface area contributed by atoms with Crippen LogP contribution in [0, 0.1) is 5.92 Å². The minimum Gasteiger partial charge on any atom is -0.481 e. The number of carbonyl (C=O) groups is 5. The van der Waals surface area contributed by atoms with Crippen molar-refractivity contribution in [1.82, 2.24) is 25.9 Å². The van der Waals surface area contributed by atoms with Gasteiger partial charge in [0.15, 0.2) is 0 Å². The third-order valence-corrected chi connectivity index (χ3v) is 6.01. The van der Waals surface area contributed by atoms with Crippen molar-refractivity contribution in [1.29, 1.82) is 0 Å². The van der Waals surface area contributed by atoms with Crippen molar-refractivity contribution in [3.63, 3.8) is 0 Å². The highest BCUT2D eigenvalue weighted by Gasteiger charge is 2.33. The quantitative estimate of drug-likeness (QED) is 0.144. The monoisotopic (exact) mass is 514 g/mol. The van der Waals surface area contributed by atoms with Gasteiger partial charge in [0, 0.05) is 18.3 Å². The first kappa shape index (κ1) is 29.9. The summed E-state index contributed by atoms with van der Waals surface area (Å²) in [5.41, 5.74) is 6.30. The van der Waals surface area contributed by atoms with E-state index in [2.05, 4.69) is 25.9 Å². The molecule has 14 heteroatoms. The van der Waals surface area contributed by atoms with Gasteiger partial charge in [-0.3, -0.25) is 19.2 Å². The standard InChI is InChI=1S/C21H34N6O7S/c1-4-11(2)17(20(32)26-15(21(33)34)7-12-9-23-10-24-12)27-19(31)14(8-16(28)29)25-18(30)13(22)5-6-35-3/h9-11,13-15,17H,4-8,22H2,1-3H3,(H,23,24)(H,25,30)(H,26,32)(H,27,31)(H,28,29)(H,33,34). The summed E-state index contributed by atoms with van der Waals surface area (Å²) >= 11 is 1.48. The second-order valence-corrected chi connectivity index (χ2v) is 9.08. The average molecular weight is 515 g/mol. The summed E-state index contributed by atoms with van der Waals surface area (Å²) in [6.07, 6.45) is 4.65. The number of aliphatic carboxylic acids is 2. The molecule has 8 N–H and O–H groups in total. The predicted octanol–water partition coefficient (Wildman–Crippen LogP) is -0.908. The van der Waals surface area contributed by atoms with E-state index in [1.54, 1.807) is 13.8 Å². The van der Waals surface area contributed by atoms with Crippen LogP contribution in [0.3, 0.4) is 0 Å². The van der Waals surface area contributed by atoms with Gasteiger partial charge in [0.2, 0.25) is 17.7 Å². The van der Waals surface area contributed by atoms with E-state index >= 15 is 0 Å². The number of aromatic nitrogens is 2. The Kier molecular flexibility index (Phi) is 12.8. The number of nitrogens with two attached hydrogens (primary N) is 1. The fourth-order valence-electron chi connectivity index (χ4n) is 3.07. The summed E-state index contributed by atoms with van der Waals surface area (Å²) < 4.78 is 0. The highest BCUT2D eigenvalue weighted by molar-refractivity contribution is 7.98. The van der Waals surface area contributed by atoms with Gasteiger partial charge in [0.1, 0.15) is 18.1 Å². The van der Waals surface area contributed by atoms with E-state index in [0.717, 1.165) is 0 Å². The lowest BCUT2D eigenvalue weighted by molar-refractivity contribution is -0.143. The second-order valence-electron chi connectivity index (χ2n) is 8.10. The molecule has 0 aliphatic rings. The number of carbonyl (C=O) groups excluding carboxylic acids is 3. The third kappa shape index (κ3) is 10.3. The number of aromatic amines is 1. The minimum absolute atomic E-state index is 0.0616. The molecule has 0 spiro atoms. The van der Waals surface area contributed by atoms with Gasteiger partial charge in [-0.05, 0) is 24.3 Å². The van der Waals surface area contributed by atoms with Crippen LogP contribution in [0.4, 0.5) is 0 Å². The van der Waals surface area contributed by atoms with Gasteiger partial charge in [0.25, 0.3) is 0 Å². The number of rotatable bonds is 16. The minimum atomic E-state index is -1.47. The van der Waals surface area contributed by atoms with E-state index in [-0.39, 0.29) is 6.42 Å². The lowest BCUT2D eigenvalue weighted by Gasteiger charge is -2.27. The molecular weight excluding hydrogens is 480 g/mol. The number of amides is 3. The van der Waals surface area contributed by atoms with E-state index in [1.165, 1.54) is 24.3 Å². The molecule has 1 rings (SSSR count). The molecule has 0 saturated carbocycles. The average Bonchev–Trinajstić information content (AvgIpc) is 3.31. The van der Waals surface area contributed by atoms with Crippen LogP contribution in [0.5, 0.6) is 0 Å². The van der Waals surface area contributed by atoms with E-state index < -0.39 is 66.2 Å². The van der Waals surface area contributed by atoms with Crippen LogP contribution in [0.1, 0.15) is 38.8 Å². The lowest BCUT2D eigenvalue weighted by Crippen LogP contribution is -2.59. The summed E-state index contributed by atoms with van der Waals surface area (Å²) in [6.45, 7) is 3.45. The smallest absolute Gasteiger partial charge is 0.326 e. The van der Waals surface area contributed by atoms with Crippen LogP contribution in [0.2, 0.25) is 0 Å². The molecule has 13 nitrogen and oxygen atoms in total. The Labute approximate surface area is 207 Å². The van der Waals surface area contributed by atoms with Crippen molar-refractivity contribution in [2.24, 2.45) is 11.7 Å². The van der Waals surface area contributed by atoms with Gasteiger partial charge in [-0.25, -0.2) is 9.78 Å². The molecule has 0 aliphatic heterocycles. The molecule has 0 radical (unpaired) electrons. The first-order valence-electron chi connectivity index (χ1n) is 11.1. The molecule has 35 heavy (non-hydrogen) atoms. The lowest BCUT2D eigenvalue weighted by atomic mass is 9.97. The maximum Gasteiger partial charge on any atom is 0.326 e. The predicted molar refractivity (Wildman–Crippen MR) is 128 cm³/mol. The molecule has 0 bridgehead atoms. The zero-order valence-electron chi connectivity index (χ0n) is 19.9. The van der Waals surface area contributed by atoms with E-state index in [1.807, 2.05) is 6.26 Å². The van der Waals surface area contributed by atoms with Crippen LogP contribution in [-0.2, 0) is 30.4 Å². The Bertz CT molecular complexity index is 866. The zero-order chi connectivity index (χ0) is 26.5. The normalized spacial score (nSPS) is 15.2. The fourth-order valence-corrected chi connectivity index (χ4v) is 3.56. The largest absolute Gasteiger partial charge is 0.481 e.